The van der Waals surface area contributed by atoms with Crippen LogP contribution in [0.5, 0.6) is 0 Å². The molecule has 2 fully saturated rings. The van der Waals surface area contributed by atoms with Crippen LogP contribution in [0.15, 0.2) is 11.6 Å². The molecule has 3 aliphatic carbocycles. The van der Waals surface area contributed by atoms with Crippen LogP contribution < -0.4 is 0 Å². The summed E-state index contributed by atoms with van der Waals surface area (Å²) >= 11 is 0. The van der Waals surface area contributed by atoms with Gasteiger partial charge in [-0.05, 0) is 38.0 Å². The third kappa shape index (κ3) is 0.806. The van der Waals surface area contributed by atoms with Gasteiger partial charge >= 0.3 is 0 Å². The van der Waals surface area contributed by atoms with Gasteiger partial charge in [0.1, 0.15) is 5.78 Å². The molecule has 3 aliphatic rings. The molecule has 0 saturated heterocycles. The summed E-state index contributed by atoms with van der Waals surface area (Å²) in [6.07, 6.45) is 8.47. The third-order valence-corrected chi connectivity index (χ3v) is 4.58. The van der Waals surface area contributed by atoms with Crippen molar-refractivity contribution in [3.8, 4) is 0 Å². The molecule has 70 valence electrons. The van der Waals surface area contributed by atoms with Gasteiger partial charge in [0.2, 0.25) is 0 Å². The molecule has 0 aromatic rings. The van der Waals surface area contributed by atoms with E-state index in [9.17, 15) is 4.79 Å². The fraction of sp³-hybridized carbons (Fsp3) is 0.750. The second-order valence-electron chi connectivity index (χ2n) is 5.12. The minimum atomic E-state index is 0.319. The van der Waals surface area contributed by atoms with E-state index in [1.807, 2.05) is 0 Å². The van der Waals surface area contributed by atoms with Crippen molar-refractivity contribution in [3.05, 3.63) is 11.6 Å². The maximum atomic E-state index is 12.0. The van der Waals surface area contributed by atoms with Crippen LogP contribution in [0.1, 0.15) is 39.0 Å². The Balaban J connectivity index is 2.08. The second kappa shape index (κ2) is 2.26. The first-order valence-electron chi connectivity index (χ1n) is 5.43. The normalized spacial score (nSPS) is 47.8. The number of carbonyl (C=O) groups is 1. The number of allylic oxidation sites excluding steroid dienone is 2. The minimum Gasteiger partial charge on any atom is -0.299 e. The van der Waals surface area contributed by atoms with E-state index in [1.165, 1.54) is 37.7 Å². The molecule has 3 unspecified atom stereocenters. The van der Waals surface area contributed by atoms with Gasteiger partial charge in [0.15, 0.2) is 0 Å². The first-order chi connectivity index (χ1) is 6.23. The fourth-order valence-electron chi connectivity index (χ4n) is 3.80. The number of Topliss-reactive ketones (excluding diaryl/α,β-unsaturated/α-hetero) is 1. The average Bonchev–Trinajstić information content (AvgIpc) is 2.60. The lowest BCUT2D eigenvalue weighted by atomic mass is 9.74. The number of ketones is 1. The van der Waals surface area contributed by atoms with Gasteiger partial charge in [0, 0.05) is 11.8 Å². The molecule has 1 nitrogen and oxygen atoms in total. The van der Waals surface area contributed by atoms with Crippen molar-refractivity contribution in [3.63, 3.8) is 0 Å². The zero-order valence-electron chi connectivity index (χ0n) is 8.18. The third-order valence-electron chi connectivity index (χ3n) is 4.58. The molecular formula is C12H16O. The Bertz CT molecular complexity index is 302. The molecule has 0 aromatic carbocycles. The summed E-state index contributed by atoms with van der Waals surface area (Å²) in [4.78, 5) is 12.0. The van der Waals surface area contributed by atoms with Gasteiger partial charge in [-0.15, -0.1) is 0 Å². The van der Waals surface area contributed by atoms with Crippen molar-refractivity contribution in [2.45, 2.75) is 39.0 Å². The van der Waals surface area contributed by atoms with Gasteiger partial charge in [-0.2, -0.15) is 0 Å². The largest absolute Gasteiger partial charge is 0.299 e. The van der Waals surface area contributed by atoms with E-state index in [2.05, 4.69) is 13.0 Å². The van der Waals surface area contributed by atoms with Crippen molar-refractivity contribution in [2.75, 3.05) is 0 Å². The Hall–Kier alpha value is -0.590. The molecule has 0 aliphatic heterocycles. The summed E-state index contributed by atoms with van der Waals surface area (Å²) in [5.41, 5.74) is 1.78. The monoisotopic (exact) mass is 176 g/mol. The molecule has 3 rings (SSSR count). The molecule has 0 radical (unpaired) electrons. The van der Waals surface area contributed by atoms with Gasteiger partial charge in [0.25, 0.3) is 0 Å². The van der Waals surface area contributed by atoms with Crippen molar-refractivity contribution in [2.24, 2.45) is 17.3 Å². The molecule has 1 heteroatoms. The lowest BCUT2D eigenvalue weighted by Crippen LogP contribution is -2.22. The van der Waals surface area contributed by atoms with E-state index in [0.29, 0.717) is 23.0 Å². The molecule has 2 saturated carbocycles. The Morgan fingerprint density at radius 1 is 1.54 bits per heavy atom. The predicted octanol–water partition coefficient (Wildman–Crippen LogP) is 2.71. The number of rotatable bonds is 0. The lowest BCUT2D eigenvalue weighted by Gasteiger charge is -2.30. The Morgan fingerprint density at radius 3 is 3.23 bits per heavy atom. The standard InChI is InChI=1S/C12H16O/c1-8-4-6-12-5-2-3-10(12)11(13)9(8)7-12/h4,9-10H,2-3,5-7H2,1H3. The maximum Gasteiger partial charge on any atom is 0.143 e. The number of fused-ring (bicyclic) bond motifs is 1. The van der Waals surface area contributed by atoms with Gasteiger partial charge in [0.05, 0.1) is 0 Å². The zero-order valence-corrected chi connectivity index (χ0v) is 8.18. The summed E-state index contributed by atoms with van der Waals surface area (Å²) in [5, 5.41) is 0. The highest BCUT2D eigenvalue weighted by atomic mass is 16.1. The van der Waals surface area contributed by atoms with Crippen LogP contribution in [0.4, 0.5) is 0 Å². The Morgan fingerprint density at radius 2 is 2.38 bits per heavy atom. The molecule has 0 N–H and O–H groups in total. The average molecular weight is 176 g/mol. The van der Waals surface area contributed by atoms with Gasteiger partial charge in [-0.3, -0.25) is 4.79 Å². The van der Waals surface area contributed by atoms with E-state index in [0.717, 1.165) is 0 Å². The quantitative estimate of drug-likeness (QED) is 0.519. The topological polar surface area (TPSA) is 17.1 Å². The van der Waals surface area contributed by atoms with E-state index >= 15 is 0 Å². The highest BCUT2D eigenvalue weighted by Gasteiger charge is 2.56. The lowest BCUT2D eigenvalue weighted by molar-refractivity contribution is -0.123. The summed E-state index contributed by atoms with van der Waals surface area (Å²) < 4.78 is 0. The summed E-state index contributed by atoms with van der Waals surface area (Å²) in [5.74, 6) is 1.33. The van der Waals surface area contributed by atoms with Gasteiger partial charge in [-0.1, -0.05) is 18.1 Å². The molecular weight excluding hydrogens is 160 g/mol. The molecule has 0 amide bonds. The van der Waals surface area contributed by atoms with Crippen LogP contribution in [0.25, 0.3) is 0 Å². The Kier molecular flexibility index (Phi) is 1.35. The number of hydrogen-bond donors (Lipinski definition) is 0. The summed E-state index contributed by atoms with van der Waals surface area (Å²) in [7, 11) is 0. The van der Waals surface area contributed by atoms with Crippen LogP contribution in [-0.2, 0) is 4.79 Å². The molecule has 0 heterocycles. The van der Waals surface area contributed by atoms with Crippen LogP contribution >= 0.6 is 0 Å². The molecule has 3 atom stereocenters. The molecule has 2 bridgehead atoms. The van der Waals surface area contributed by atoms with Crippen molar-refractivity contribution in [1.29, 1.82) is 0 Å². The molecule has 13 heavy (non-hydrogen) atoms. The first-order valence-corrected chi connectivity index (χ1v) is 5.43. The van der Waals surface area contributed by atoms with Crippen molar-refractivity contribution < 1.29 is 4.79 Å². The summed E-state index contributed by atoms with van der Waals surface area (Å²) in [6, 6.07) is 0. The number of hydrogen-bond acceptors (Lipinski definition) is 1. The van der Waals surface area contributed by atoms with E-state index in [1.54, 1.807) is 0 Å². The van der Waals surface area contributed by atoms with E-state index < -0.39 is 0 Å². The molecule has 1 spiro atoms. The van der Waals surface area contributed by atoms with Crippen LogP contribution in [0, 0.1) is 17.3 Å². The van der Waals surface area contributed by atoms with Gasteiger partial charge in [-0.25, -0.2) is 0 Å². The van der Waals surface area contributed by atoms with Crippen LogP contribution in [0.2, 0.25) is 0 Å². The minimum absolute atomic E-state index is 0.319. The zero-order chi connectivity index (χ0) is 9.05. The smallest absolute Gasteiger partial charge is 0.143 e. The van der Waals surface area contributed by atoms with Crippen LogP contribution in [-0.4, -0.2) is 5.78 Å². The fourth-order valence-corrected chi connectivity index (χ4v) is 3.80. The van der Waals surface area contributed by atoms with E-state index in [4.69, 9.17) is 0 Å². The number of carbonyl (C=O) groups excluding carboxylic acids is 1. The maximum absolute atomic E-state index is 12.0. The van der Waals surface area contributed by atoms with Gasteiger partial charge < -0.3 is 0 Å². The summed E-state index contributed by atoms with van der Waals surface area (Å²) in [6.45, 7) is 2.14. The second-order valence-corrected chi connectivity index (χ2v) is 5.12. The molecule has 0 aromatic heterocycles. The first kappa shape index (κ1) is 7.78. The Labute approximate surface area is 79.2 Å². The predicted molar refractivity (Wildman–Crippen MR) is 51.3 cm³/mol. The van der Waals surface area contributed by atoms with Crippen molar-refractivity contribution in [1.82, 2.24) is 0 Å². The highest BCUT2D eigenvalue weighted by Crippen LogP contribution is 2.60. The SMILES string of the molecule is CC1=CCC23CCCC2C(=O)C1C3. The van der Waals surface area contributed by atoms with Crippen molar-refractivity contribution >= 4 is 5.78 Å². The highest BCUT2D eigenvalue weighted by molar-refractivity contribution is 5.90. The van der Waals surface area contributed by atoms with E-state index in [-0.39, 0.29) is 0 Å². The van der Waals surface area contributed by atoms with Crippen LogP contribution in [0.3, 0.4) is 0 Å².